The summed E-state index contributed by atoms with van der Waals surface area (Å²) in [5.41, 5.74) is 4.41. The summed E-state index contributed by atoms with van der Waals surface area (Å²) in [5, 5.41) is 14.3. The second-order valence-electron chi connectivity index (χ2n) is 8.50. The molecule has 6 nitrogen and oxygen atoms in total. The van der Waals surface area contributed by atoms with Crippen LogP contribution in [0.2, 0.25) is 0 Å². The SMILES string of the molecule is CN(C)c1ccnc(C2CCC(NC(Cc3c[nH]c4ccccc34)C(=O)O)CC2)c1.Cl.Cl. The van der Waals surface area contributed by atoms with E-state index in [9.17, 15) is 9.90 Å². The van der Waals surface area contributed by atoms with Crippen molar-refractivity contribution in [3.63, 3.8) is 0 Å². The van der Waals surface area contributed by atoms with Gasteiger partial charge in [-0.25, -0.2) is 0 Å². The van der Waals surface area contributed by atoms with E-state index in [-0.39, 0.29) is 30.9 Å². The number of nitrogens with zero attached hydrogens (tertiary/aromatic N) is 2. The molecular weight excluding hydrogens is 447 g/mol. The zero-order chi connectivity index (χ0) is 21.1. The lowest BCUT2D eigenvalue weighted by Gasteiger charge is -2.31. The second-order valence-corrected chi connectivity index (χ2v) is 8.50. The maximum Gasteiger partial charge on any atom is 0.321 e. The molecule has 1 aliphatic carbocycles. The summed E-state index contributed by atoms with van der Waals surface area (Å²) in [4.78, 5) is 21.9. The lowest BCUT2D eigenvalue weighted by molar-refractivity contribution is -0.139. The van der Waals surface area contributed by atoms with Crippen LogP contribution in [0.3, 0.4) is 0 Å². The number of hydrogen-bond acceptors (Lipinski definition) is 4. The van der Waals surface area contributed by atoms with Crippen molar-refractivity contribution in [2.75, 3.05) is 19.0 Å². The molecule has 1 atom stereocenters. The number of aromatic amines is 1. The van der Waals surface area contributed by atoms with E-state index in [0.717, 1.165) is 47.8 Å². The summed E-state index contributed by atoms with van der Waals surface area (Å²) < 4.78 is 0. The van der Waals surface area contributed by atoms with E-state index in [1.807, 2.05) is 56.8 Å². The molecule has 1 aliphatic rings. The van der Waals surface area contributed by atoms with Crippen molar-refractivity contribution in [3.8, 4) is 0 Å². The number of carbonyl (C=O) groups is 1. The van der Waals surface area contributed by atoms with Gasteiger partial charge in [0.2, 0.25) is 0 Å². The van der Waals surface area contributed by atoms with Gasteiger partial charge in [-0.3, -0.25) is 9.78 Å². The summed E-state index contributed by atoms with van der Waals surface area (Å²) in [5.74, 6) is -0.345. The predicted octanol–water partition coefficient (Wildman–Crippen LogP) is 4.78. The van der Waals surface area contributed by atoms with Crippen LogP contribution in [-0.2, 0) is 11.2 Å². The fourth-order valence-corrected chi connectivity index (χ4v) is 4.52. The van der Waals surface area contributed by atoms with Crippen LogP contribution in [0.5, 0.6) is 0 Å². The number of nitrogens with one attached hydrogen (secondary N) is 2. The monoisotopic (exact) mass is 478 g/mol. The van der Waals surface area contributed by atoms with Gasteiger partial charge in [0, 0.05) is 67.2 Å². The number of halogens is 2. The van der Waals surface area contributed by atoms with E-state index < -0.39 is 12.0 Å². The second kappa shape index (κ2) is 11.5. The number of anilines is 1. The Morgan fingerprint density at radius 3 is 2.59 bits per heavy atom. The molecule has 0 radical (unpaired) electrons. The minimum atomic E-state index is -0.789. The zero-order valence-electron chi connectivity index (χ0n) is 18.5. The zero-order valence-corrected chi connectivity index (χ0v) is 20.1. The van der Waals surface area contributed by atoms with Gasteiger partial charge in [0.05, 0.1) is 0 Å². The molecule has 174 valence electrons. The van der Waals surface area contributed by atoms with Crippen molar-refractivity contribution >= 4 is 47.4 Å². The molecule has 1 fully saturated rings. The number of hydrogen-bond donors (Lipinski definition) is 3. The van der Waals surface area contributed by atoms with Crippen LogP contribution in [0.4, 0.5) is 5.69 Å². The molecule has 2 aromatic heterocycles. The number of H-pyrrole nitrogens is 1. The smallest absolute Gasteiger partial charge is 0.321 e. The molecule has 0 aliphatic heterocycles. The highest BCUT2D eigenvalue weighted by Gasteiger charge is 2.28. The number of rotatable bonds is 7. The third-order valence-electron chi connectivity index (χ3n) is 6.26. The Hall–Kier alpha value is -2.28. The third kappa shape index (κ3) is 5.94. The number of benzene rings is 1. The minimum Gasteiger partial charge on any atom is -0.480 e. The number of aromatic nitrogens is 2. The molecule has 0 saturated heterocycles. The van der Waals surface area contributed by atoms with Crippen LogP contribution in [0.1, 0.15) is 42.9 Å². The van der Waals surface area contributed by atoms with Crippen molar-refractivity contribution in [1.82, 2.24) is 15.3 Å². The summed E-state index contributed by atoms with van der Waals surface area (Å²) in [7, 11) is 4.08. The lowest BCUT2D eigenvalue weighted by Crippen LogP contribution is -2.46. The lowest BCUT2D eigenvalue weighted by atomic mass is 9.83. The number of fused-ring (bicyclic) bond motifs is 1. The first-order valence-electron chi connectivity index (χ1n) is 10.7. The molecule has 1 unspecified atom stereocenters. The summed E-state index contributed by atoms with van der Waals surface area (Å²) in [6.45, 7) is 0. The first-order chi connectivity index (χ1) is 14.5. The molecule has 8 heteroatoms. The molecule has 2 heterocycles. The van der Waals surface area contributed by atoms with Crippen LogP contribution < -0.4 is 10.2 Å². The number of para-hydroxylation sites is 1. The standard InChI is InChI=1S/C24H30N4O2.2ClH/c1-28(2)19-11-12-25-22(14-19)16-7-9-18(10-8-16)27-23(24(29)30)13-17-15-26-21-6-4-3-5-20(17)21;;/h3-6,11-12,14-16,18,23,26-27H,7-10,13H2,1-2H3,(H,29,30);2*1H. The van der Waals surface area contributed by atoms with Crippen LogP contribution in [0.25, 0.3) is 10.9 Å². The fraction of sp³-hybridized carbons (Fsp3) is 0.417. The van der Waals surface area contributed by atoms with Gasteiger partial charge in [0.1, 0.15) is 6.04 Å². The number of aliphatic carboxylic acids is 1. The van der Waals surface area contributed by atoms with Crippen molar-refractivity contribution < 1.29 is 9.90 Å². The van der Waals surface area contributed by atoms with E-state index in [1.165, 1.54) is 5.69 Å². The first kappa shape index (κ1) is 26.0. The van der Waals surface area contributed by atoms with Crippen LogP contribution >= 0.6 is 24.8 Å². The first-order valence-corrected chi connectivity index (χ1v) is 10.7. The van der Waals surface area contributed by atoms with E-state index >= 15 is 0 Å². The van der Waals surface area contributed by atoms with Crippen LogP contribution in [0, 0.1) is 0 Å². The highest BCUT2D eigenvalue weighted by molar-refractivity contribution is 5.86. The van der Waals surface area contributed by atoms with Gasteiger partial charge in [-0.05, 0) is 49.4 Å². The maximum atomic E-state index is 11.9. The fourth-order valence-electron chi connectivity index (χ4n) is 4.52. The highest BCUT2D eigenvalue weighted by atomic mass is 35.5. The van der Waals surface area contributed by atoms with Crippen LogP contribution in [-0.4, -0.2) is 47.2 Å². The van der Waals surface area contributed by atoms with Crippen molar-refractivity contribution in [2.45, 2.75) is 50.1 Å². The molecule has 0 amide bonds. The topological polar surface area (TPSA) is 81.2 Å². The average molecular weight is 479 g/mol. The summed E-state index contributed by atoms with van der Waals surface area (Å²) in [6.07, 6.45) is 8.29. The van der Waals surface area contributed by atoms with E-state index in [0.29, 0.717) is 12.3 Å². The Bertz CT molecular complexity index is 1020. The van der Waals surface area contributed by atoms with Gasteiger partial charge in [0.25, 0.3) is 0 Å². The van der Waals surface area contributed by atoms with Crippen molar-refractivity contribution in [1.29, 1.82) is 0 Å². The third-order valence-corrected chi connectivity index (χ3v) is 6.26. The normalized spacial score (nSPS) is 18.9. The number of pyridine rings is 1. The van der Waals surface area contributed by atoms with Gasteiger partial charge in [-0.2, -0.15) is 0 Å². The van der Waals surface area contributed by atoms with Crippen LogP contribution in [0.15, 0.2) is 48.8 Å². The molecule has 32 heavy (non-hydrogen) atoms. The molecule has 0 bridgehead atoms. The van der Waals surface area contributed by atoms with Crippen molar-refractivity contribution in [3.05, 3.63) is 60.0 Å². The molecule has 1 aromatic carbocycles. The van der Waals surface area contributed by atoms with Gasteiger partial charge >= 0.3 is 5.97 Å². The summed E-state index contributed by atoms with van der Waals surface area (Å²) in [6, 6.07) is 11.9. The minimum absolute atomic E-state index is 0. The van der Waals surface area contributed by atoms with Gasteiger partial charge in [0.15, 0.2) is 0 Å². The van der Waals surface area contributed by atoms with Gasteiger partial charge < -0.3 is 20.3 Å². The largest absolute Gasteiger partial charge is 0.480 e. The average Bonchev–Trinajstić information content (AvgIpc) is 3.17. The molecule has 3 aromatic rings. The summed E-state index contributed by atoms with van der Waals surface area (Å²) >= 11 is 0. The maximum absolute atomic E-state index is 11.9. The Morgan fingerprint density at radius 2 is 1.91 bits per heavy atom. The molecule has 1 saturated carbocycles. The molecule has 0 spiro atoms. The van der Waals surface area contributed by atoms with E-state index in [1.54, 1.807) is 0 Å². The number of carboxylic acid groups (broad SMARTS) is 1. The number of carboxylic acids is 1. The quantitative estimate of drug-likeness (QED) is 0.454. The Morgan fingerprint density at radius 1 is 1.19 bits per heavy atom. The van der Waals surface area contributed by atoms with E-state index in [2.05, 4.69) is 26.3 Å². The van der Waals surface area contributed by atoms with Crippen molar-refractivity contribution in [2.24, 2.45) is 0 Å². The van der Waals surface area contributed by atoms with Gasteiger partial charge in [-0.15, -0.1) is 24.8 Å². The highest BCUT2D eigenvalue weighted by Crippen LogP contribution is 2.33. The Kier molecular flexibility index (Phi) is 9.37. The van der Waals surface area contributed by atoms with Gasteiger partial charge in [-0.1, -0.05) is 18.2 Å². The Balaban J connectivity index is 0.00000181. The molecule has 3 N–H and O–H groups in total. The predicted molar refractivity (Wildman–Crippen MR) is 135 cm³/mol. The molecule has 4 rings (SSSR count). The Labute approximate surface area is 201 Å². The molecular formula is C24H32Cl2N4O2. The van der Waals surface area contributed by atoms with E-state index in [4.69, 9.17) is 0 Å².